The van der Waals surface area contributed by atoms with Gasteiger partial charge in [-0.15, -0.1) is 0 Å². The zero-order valence-corrected chi connectivity index (χ0v) is 11.8. The van der Waals surface area contributed by atoms with Crippen LogP contribution in [0.25, 0.3) is 0 Å². The number of hydrogen-bond donors (Lipinski definition) is 1. The average Bonchev–Trinajstić information content (AvgIpc) is 2.94. The quantitative estimate of drug-likeness (QED) is 0.904. The Bertz CT molecular complexity index is 557. The summed E-state index contributed by atoms with van der Waals surface area (Å²) in [4.78, 5) is 0. The molecule has 2 aromatic heterocycles. The monoisotopic (exact) mass is 265 g/mol. The van der Waals surface area contributed by atoms with Gasteiger partial charge < -0.3 is 5.32 Å². The highest BCUT2D eigenvalue weighted by atomic mass is 19.1. The second-order valence-electron chi connectivity index (χ2n) is 4.77. The minimum Gasteiger partial charge on any atom is -0.364 e. The highest BCUT2D eigenvalue weighted by molar-refractivity contribution is 5.34. The van der Waals surface area contributed by atoms with Crippen LogP contribution >= 0.6 is 0 Å². The van der Waals surface area contributed by atoms with Crippen molar-refractivity contribution < 1.29 is 4.39 Å². The van der Waals surface area contributed by atoms with Crippen molar-refractivity contribution in [2.45, 2.75) is 39.8 Å². The number of rotatable bonds is 5. The minimum absolute atomic E-state index is 0.300. The number of aromatic nitrogens is 4. The third kappa shape index (κ3) is 2.77. The fourth-order valence-corrected chi connectivity index (χ4v) is 1.92. The van der Waals surface area contributed by atoms with E-state index < -0.39 is 0 Å². The van der Waals surface area contributed by atoms with Gasteiger partial charge in [-0.25, -0.2) is 4.68 Å². The smallest absolute Gasteiger partial charge is 0.216 e. The van der Waals surface area contributed by atoms with Gasteiger partial charge in [-0.05, 0) is 20.3 Å². The normalized spacial score (nSPS) is 12.7. The molecule has 0 aromatic carbocycles. The lowest BCUT2D eigenvalue weighted by atomic mass is 10.2. The van der Waals surface area contributed by atoms with Gasteiger partial charge in [-0.1, -0.05) is 6.92 Å². The zero-order valence-electron chi connectivity index (χ0n) is 11.8. The summed E-state index contributed by atoms with van der Waals surface area (Å²) < 4.78 is 16.9. The van der Waals surface area contributed by atoms with Gasteiger partial charge in [-0.3, -0.25) is 4.68 Å². The largest absolute Gasteiger partial charge is 0.364 e. The topological polar surface area (TPSA) is 47.7 Å². The minimum atomic E-state index is -0.300. The van der Waals surface area contributed by atoms with Crippen molar-refractivity contribution in [3.05, 3.63) is 29.5 Å². The summed E-state index contributed by atoms with van der Waals surface area (Å²) >= 11 is 0. The summed E-state index contributed by atoms with van der Waals surface area (Å²) in [6.45, 7) is 6.43. The molecule has 0 radical (unpaired) electrons. The van der Waals surface area contributed by atoms with Gasteiger partial charge in [0.1, 0.15) is 5.82 Å². The first kappa shape index (κ1) is 13.6. The molecule has 1 N–H and O–H groups in total. The average molecular weight is 265 g/mol. The molecular formula is C13H20FN5. The van der Waals surface area contributed by atoms with Crippen molar-refractivity contribution in [1.82, 2.24) is 19.6 Å². The van der Waals surface area contributed by atoms with Crippen LogP contribution in [0.1, 0.15) is 37.6 Å². The van der Waals surface area contributed by atoms with E-state index in [1.165, 1.54) is 4.68 Å². The molecular weight excluding hydrogens is 245 g/mol. The van der Waals surface area contributed by atoms with E-state index in [0.29, 0.717) is 23.8 Å². The van der Waals surface area contributed by atoms with E-state index in [-0.39, 0.29) is 5.95 Å². The molecule has 1 unspecified atom stereocenters. The van der Waals surface area contributed by atoms with E-state index in [2.05, 4.69) is 29.4 Å². The third-order valence-electron chi connectivity index (χ3n) is 3.37. The molecule has 0 spiro atoms. The molecule has 5 nitrogen and oxygen atoms in total. The first-order valence-electron chi connectivity index (χ1n) is 6.50. The molecule has 6 heteroatoms. The maximum Gasteiger partial charge on any atom is 0.216 e. The Kier molecular flexibility index (Phi) is 3.87. The number of hydrogen-bond acceptors (Lipinski definition) is 3. The number of anilines is 1. The van der Waals surface area contributed by atoms with Gasteiger partial charge in [0.15, 0.2) is 0 Å². The van der Waals surface area contributed by atoms with Crippen molar-refractivity contribution in [2.24, 2.45) is 7.05 Å². The maximum absolute atomic E-state index is 13.7. The van der Waals surface area contributed by atoms with Crippen LogP contribution in [-0.2, 0) is 13.6 Å². The van der Waals surface area contributed by atoms with Gasteiger partial charge >= 0.3 is 0 Å². The van der Waals surface area contributed by atoms with Crippen molar-refractivity contribution in [1.29, 1.82) is 0 Å². The standard InChI is InChI=1S/C13H20FN5/c1-5-9(2)19-7-6-12(17-19)15-8-11-10(3)16-18(4)13(11)14/h6-7,9H,5,8H2,1-4H3,(H,15,17). The zero-order chi connectivity index (χ0) is 14.0. The molecule has 2 rings (SSSR count). The molecule has 0 bridgehead atoms. The summed E-state index contributed by atoms with van der Waals surface area (Å²) in [6, 6.07) is 2.27. The third-order valence-corrected chi connectivity index (χ3v) is 3.37. The molecule has 1 atom stereocenters. The predicted molar refractivity (Wildman–Crippen MR) is 72.5 cm³/mol. The van der Waals surface area contributed by atoms with Crippen LogP contribution < -0.4 is 5.32 Å². The van der Waals surface area contributed by atoms with Gasteiger partial charge in [-0.2, -0.15) is 14.6 Å². The SMILES string of the molecule is CCC(C)n1ccc(NCc2c(C)nn(C)c2F)n1. The summed E-state index contributed by atoms with van der Waals surface area (Å²) in [7, 11) is 1.60. The van der Waals surface area contributed by atoms with Crippen LogP contribution in [0.5, 0.6) is 0 Å². The highest BCUT2D eigenvalue weighted by Crippen LogP contribution is 2.15. The molecule has 0 aliphatic carbocycles. The van der Waals surface area contributed by atoms with E-state index >= 15 is 0 Å². The van der Waals surface area contributed by atoms with E-state index in [1.54, 1.807) is 14.0 Å². The molecule has 0 saturated carbocycles. The Labute approximate surface area is 112 Å². The summed E-state index contributed by atoms with van der Waals surface area (Å²) in [5, 5.41) is 11.6. The van der Waals surface area contributed by atoms with Gasteiger partial charge in [0.2, 0.25) is 5.95 Å². The van der Waals surface area contributed by atoms with Crippen LogP contribution in [0, 0.1) is 12.9 Å². The number of halogens is 1. The summed E-state index contributed by atoms with van der Waals surface area (Å²) in [5.41, 5.74) is 1.29. The fourth-order valence-electron chi connectivity index (χ4n) is 1.92. The second kappa shape index (κ2) is 5.42. The lowest BCUT2D eigenvalue weighted by Crippen LogP contribution is -2.07. The highest BCUT2D eigenvalue weighted by Gasteiger charge is 2.13. The molecule has 2 heterocycles. The van der Waals surface area contributed by atoms with Gasteiger partial charge in [0, 0.05) is 37.5 Å². The first-order valence-corrected chi connectivity index (χ1v) is 6.50. The van der Waals surface area contributed by atoms with Crippen LogP contribution in [0.15, 0.2) is 12.3 Å². The van der Waals surface area contributed by atoms with Gasteiger partial charge in [0.05, 0.1) is 5.69 Å². The van der Waals surface area contributed by atoms with Crippen LogP contribution in [0.2, 0.25) is 0 Å². The molecule has 0 amide bonds. The Morgan fingerprint density at radius 1 is 1.42 bits per heavy atom. The van der Waals surface area contributed by atoms with Crippen LogP contribution in [0.4, 0.5) is 10.2 Å². The molecule has 0 aliphatic heterocycles. The molecule has 0 saturated heterocycles. The molecule has 19 heavy (non-hydrogen) atoms. The lowest BCUT2D eigenvalue weighted by Gasteiger charge is -2.08. The van der Waals surface area contributed by atoms with Crippen molar-refractivity contribution in [2.75, 3.05) is 5.32 Å². The van der Waals surface area contributed by atoms with Crippen molar-refractivity contribution in [3.8, 4) is 0 Å². The summed E-state index contributed by atoms with van der Waals surface area (Å²) in [5.74, 6) is 0.453. The summed E-state index contributed by atoms with van der Waals surface area (Å²) in [6.07, 6.45) is 2.96. The Morgan fingerprint density at radius 3 is 2.74 bits per heavy atom. The number of nitrogens with zero attached hydrogens (tertiary/aromatic N) is 4. The molecule has 104 valence electrons. The number of nitrogens with one attached hydrogen (secondary N) is 1. The second-order valence-corrected chi connectivity index (χ2v) is 4.77. The van der Waals surface area contributed by atoms with E-state index in [4.69, 9.17) is 0 Å². The van der Waals surface area contributed by atoms with Crippen LogP contribution in [-0.4, -0.2) is 19.6 Å². The molecule has 2 aromatic rings. The predicted octanol–water partition coefficient (Wildman–Crippen LogP) is 2.65. The fraction of sp³-hybridized carbons (Fsp3) is 0.538. The molecule has 0 aliphatic rings. The lowest BCUT2D eigenvalue weighted by molar-refractivity contribution is 0.478. The van der Waals surface area contributed by atoms with E-state index in [9.17, 15) is 4.39 Å². The Hall–Kier alpha value is -1.85. The number of aryl methyl sites for hydroxylation is 2. The van der Waals surface area contributed by atoms with Crippen LogP contribution in [0.3, 0.4) is 0 Å². The molecule has 0 fully saturated rings. The van der Waals surface area contributed by atoms with E-state index in [1.807, 2.05) is 16.9 Å². The van der Waals surface area contributed by atoms with E-state index in [0.717, 1.165) is 12.2 Å². The first-order chi connectivity index (χ1) is 9.02. The Balaban J connectivity index is 2.04. The van der Waals surface area contributed by atoms with Gasteiger partial charge in [0.25, 0.3) is 0 Å². The Morgan fingerprint density at radius 2 is 2.16 bits per heavy atom. The van der Waals surface area contributed by atoms with Crippen molar-refractivity contribution >= 4 is 5.82 Å². The maximum atomic E-state index is 13.7. The van der Waals surface area contributed by atoms with Crippen molar-refractivity contribution in [3.63, 3.8) is 0 Å².